The summed E-state index contributed by atoms with van der Waals surface area (Å²) in [6, 6.07) is 5.67. The summed E-state index contributed by atoms with van der Waals surface area (Å²) in [5.74, 6) is 0.988. The number of nitrogens with zero attached hydrogens (tertiary/aromatic N) is 2. The fourth-order valence-corrected chi connectivity index (χ4v) is 4.05. The van der Waals surface area contributed by atoms with Crippen molar-refractivity contribution in [2.24, 2.45) is 5.92 Å². The first-order valence-electron chi connectivity index (χ1n) is 9.34. The number of amides is 2. The molecule has 0 N–H and O–H groups in total. The fraction of sp³-hybridized carbons (Fsp3) is 0.600. The van der Waals surface area contributed by atoms with Crippen LogP contribution in [0.25, 0.3) is 0 Å². The Bertz CT molecular complexity index is 670. The van der Waals surface area contributed by atoms with Gasteiger partial charge in [0.15, 0.2) is 0 Å². The zero-order valence-electron chi connectivity index (χ0n) is 15.9. The van der Waals surface area contributed by atoms with Crippen molar-refractivity contribution in [2.45, 2.75) is 44.6 Å². The molecule has 6 nitrogen and oxygen atoms in total. The summed E-state index contributed by atoms with van der Waals surface area (Å²) < 4.78 is 10.7. The highest BCUT2D eigenvalue weighted by Gasteiger charge is 2.39. The van der Waals surface area contributed by atoms with Crippen molar-refractivity contribution in [1.29, 1.82) is 0 Å². The topological polar surface area (TPSA) is 59.1 Å². The quantitative estimate of drug-likeness (QED) is 0.810. The number of benzene rings is 1. The summed E-state index contributed by atoms with van der Waals surface area (Å²) in [4.78, 5) is 29.1. The van der Waals surface area contributed by atoms with E-state index in [1.165, 1.54) is 19.3 Å². The predicted molar refractivity (Wildman–Crippen MR) is 99.6 cm³/mol. The molecule has 1 atom stereocenters. The maximum absolute atomic E-state index is 12.9. The summed E-state index contributed by atoms with van der Waals surface area (Å²) in [5, 5.41) is 0. The van der Waals surface area contributed by atoms with Crippen LogP contribution in [0.4, 0.5) is 5.69 Å². The van der Waals surface area contributed by atoms with E-state index in [2.05, 4.69) is 0 Å². The van der Waals surface area contributed by atoms with Gasteiger partial charge in [0.25, 0.3) is 0 Å². The van der Waals surface area contributed by atoms with Crippen molar-refractivity contribution < 1.29 is 19.1 Å². The van der Waals surface area contributed by atoms with Gasteiger partial charge in [0.1, 0.15) is 11.5 Å². The van der Waals surface area contributed by atoms with E-state index in [1.54, 1.807) is 37.3 Å². The van der Waals surface area contributed by atoms with Crippen LogP contribution in [0, 0.1) is 5.92 Å². The molecule has 1 saturated heterocycles. The Hall–Kier alpha value is -2.24. The zero-order valence-corrected chi connectivity index (χ0v) is 15.9. The minimum absolute atomic E-state index is 0.0491. The molecule has 1 aliphatic heterocycles. The third kappa shape index (κ3) is 3.64. The van der Waals surface area contributed by atoms with Gasteiger partial charge in [0, 0.05) is 32.1 Å². The third-order valence-corrected chi connectivity index (χ3v) is 5.62. The van der Waals surface area contributed by atoms with E-state index in [9.17, 15) is 9.59 Å². The maximum atomic E-state index is 12.9. The third-order valence-electron chi connectivity index (χ3n) is 5.62. The number of rotatable bonds is 5. The number of carbonyl (C=O) groups is 2. The highest BCUT2D eigenvalue weighted by molar-refractivity contribution is 6.01. The number of methoxy groups -OCH3 is 2. The summed E-state index contributed by atoms with van der Waals surface area (Å²) >= 11 is 0. The second-order valence-corrected chi connectivity index (χ2v) is 7.18. The van der Waals surface area contributed by atoms with E-state index in [-0.39, 0.29) is 24.2 Å². The summed E-state index contributed by atoms with van der Waals surface area (Å²) in [5.41, 5.74) is 0.660. The van der Waals surface area contributed by atoms with E-state index in [0.717, 1.165) is 12.8 Å². The zero-order chi connectivity index (χ0) is 18.7. The molecule has 1 heterocycles. The molecular weight excluding hydrogens is 332 g/mol. The van der Waals surface area contributed by atoms with Gasteiger partial charge in [-0.15, -0.1) is 0 Å². The molecular formula is C20H28N2O4. The predicted octanol–water partition coefficient (Wildman–Crippen LogP) is 2.85. The molecule has 1 aliphatic carbocycles. The highest BCUT2D eigenvalue weighted by atomic mass is 16.5. The van der Waals surface area contributed by atoms with Crippen molar-refractivity contribution >= 4 is 17.5 Å². The van der Waals surface area contributed by atoms with Gasteiger partial charge in [-0.25, -0.2) is 0 Å². The monoisotopic (exact) mass is 360 g/mol. The Balaban J connectivity index is 1.75. The molecule has 142 valence electrons. The molecule has 0 radical (unpaired) electrons. The van der Waals surface area contributed by atoms with Crippen LogP contribution in [0.5, 0.6) is 11.5 Å². The van der Waals surface area contributed by atoms with Gasteiger partial charge in [0.05, 0.1) is 25.8 Å². The molecule has 26 heavy (non-hydrogen) atoms. The SMILES string of the molecule is COc1ccc(OC)c(N2C[C@H](C(=O)N(C)C3CCCCC3)CC2=O)c1. The summed E-state index contributed by atoms with van der Waals surface area (Å²) in [6.07, 6.45) is 5.99. The lowest BCUT2D eigenvalue weighted by atomic mass is 9.93. The molecule has 1 saturated carbocycles. The standard InChI is InChI=1S/C20H28N2O4/c1-21(15-7-5-4-6-8-15)20(24)14-11-19(23)22(13-14)17-12-16(25-2)9-10-18(17)26-3/h9-10,12,14-15H,4-8,11,13H2,1-3H3/t14-/m1/s1. The van der Waals surface area contributed by atoms with Crippen LogP contribution in [-0.4, -0.2) is 50.6 Å². The molecule has 1 aromatic carbocycles. The van der Waals surface area contributed by atoms with Crippen LogP contribution in [0.2, 0.25) is 0 Å². The van der Waals surface area contributed by atoms with E-state index < -0.39 is 0 Å². The van der Waals surface area contributed by atoms with Gasteiger partial charge in [0.2, 0.25) is 11.8 Å². The maximum Gasteiger partial charge on any atom is 0.228 e. The molecule has 6 heteroatoms. The van der Waals surface area contributed by atoms with E-state index in [1.807, 2.05) is 11.9 Å². The lowest BCUT2D eigenvalue weighted by molar-refractivity contribution is -0.137. The molecule has 1 aromatic rings. The van der Waals surface area contributed by atoms with Gasteiger partial charge < -0.3 is 19.3 Å². The van der Waals surface area contributed by atoms with Crippen LogP contribution in [-0.2, 0) is 9.59 Å². The minimum Gasteiger partial charge on any atom is -0.497 e. The first-order chi connectivity index (χ1) is 12.5. The van der Waals surface area contributed by atoms with Crippen molar-refractivity contribution in [3.63, 3.8) is 0 Å². The molecule has 0 bridgehead atoms. The molecule has 0 aromatic heterocycles. The van der Waals surface area contributed by atoms with Crippen LogP contribution >= 0.6 is 0 Å². The molecule has 3 rings (SSSR count). The van der Waals surface area contributed by atoms with E-state index in [4.69, 9.17) is 9.47 Å². The first kappa shape index (κ1) is 18.5. The number of anilines is 1. The molecule has 0 unspecified atom stereocenters. The van der Waals surface area contributed by atoms with Gasteiger partial charge in [-0.2, -0.15) is 0 Å². The largest absolute Gasteiger partial charge is 0.497 e. The van der Waals surface area contributed by atoms with Crippen molar-refractivity contribution in [3.8, 4) is 11.5 Å². The first-order valence-corrected chi connectivity index (χ1v) is 9.34. The van der Waals surface area contributed by atoms with Gasteiger partial charge in [-0.3, -0.25) is 9.59 Å². The Morgan fingerprint density at radius 2 is 1.88 bits per heavy atom. The molecule has 2 aliphatic rings. The molecule has 2 fully saturated rings. The van der Waals surface area contributed by atoms with Crippen LogP contribution in [0.1, 0.15) is 38.5 Å². The summed E-state index contributed by atoms with van der Waals surface area (Å²) in [6.45, 7) is 0.387. The number of carbonyl (C=O) groups excluding carboxylic acids is 2. The number of hydrogen-bond acceptors (Lipinski definition) is 4. The van der Waals surface area contributed by atoms with Crippen molar-refractivity contribution in [3.05, 3.63) is 18.2 Å². The smallest absolute Gasteiger partial charge is 0.228 e. The lowest BCUT2D eigenvalue weighted by Gasteiger charge is -2.32. The van der Waals surface area contributed by atoms with Crippen LogP contribution in [0.3, 0.4) is 0 Å². The van der Waals surface area contributed by atoms with Gasteiger partial charge in [-0.05, 0) is 25.0 Å². The Kier molecular flexibility index (Phi) is 5.69. The van der Waals surface area contributed by atoms with Crippen molar-refractivity contribution in [1.82, 2.24) is 4.90 Å². The highest BCUT2D eigenvalue weighted by Crippen LogP contribution is 2.36. The van der Waals surface area contributed by atoms with Gasteiger partial charge >= 0.3 is 0 Å². The van der Waals surface area contributed by atoms with Crippen LogP contribution < -0.4 is 14.4 Å². The van der Waals surface area contributed by atoms with E-state index >= 15 is 0 Å². The second kappa shape index (κ2) is 7.98. The number of ether oxygens (including phenoxy) is 2. The Labute approximate surface area is 155 Å². The Morgan fingerprint density at radius 3 is 2.54 bits per heavy atom. The van der Waals surface area contributed by atoms with Crippen molar-refractivity contribution in [2.75, 3.05) is 32.7 Å². The molecule has 0 spiro atoms. The average molecular weight is 360 g/mol. The number of hydrogen-bond donors (Lipinski definition) is 0. The lowest BCUT2D eigenvalue weighted by Crippen LogP contribution is -2.42. The molecule has 2 amide bonds. The van der Waals surface area contributed by atoms with E-state index in [0.29, 0.717) is 29.8 Å². The summed E-state index contributed by atoms with van der Waals surface area (Å²) in [7, 11) is 5.05. The fourth-order valence-electron chi connectivity index (χ4n) is 4.05. The minimum atomic E-state index is -0.301. The Morgan fingerprint density at radius 1 is 1.15 bits per heavy atom. The normalized spacial score (nSPS) is 21.0. The van der Waals surface area contributed by atoms with Gasteiger partial charge in [-0.1, -0.05) is 19.3 Å². The average Bonchev–Trinajstić information content (AvgIpc) is 3.08. The van der Waals surface area contributed by atoms with Crippen LogP contribution in [0.15, 0.2) is 18.2 Å². The second-order valence-electron chi connectivity index (χ2n) is 7.18.